The maximum absolute atomic E-state index is 13.0. The summed E-state index contributed by atoms with van der Waals surface area (Å²) < 4.78 is 0. The number of aliphatic hydroxyl groups excluding tert-OH is 1. The Hall–Kier alpha value is -2.81. The largest absolute Gasteiger partial charge is 0.377 e. The highest BCUT2D eigenvalue weighted by atomic mass is 16.3. The fraction of sp³-hybridized carbons (Fsp3) is 0.500. The van der Waals surface area contributed by atoms with E-state index in [0.29, 0.717) is 44.5 Å². The number of allylic oxidation sites excluding steroid dienone is 1. The Labute approximate surface area is 204 Å². The second-order valence-corrected chi connectivity index (χ2v) is 8.54. The smallest absolute Gasteiger partial charge is 0.287 e. The van der Waals surface area contributed by atoms with E-state index in [-0.39, 0.29) is 12.5 Å². The molecule has 0 saturated carbocycles. The van der Waals surface area contributed by atoms with Crippen LogP contribution in [0.4, 0.5) is 5.69 Å². The van der Waals surface area contributed by atoms with Crippen LogP contribution in [0.15, 0.2) is 59.2 Å². The minimum absolute atomic E-state index is 0.140. The van der Waals surface area contributed by atoms with E-state index < -0.39 is 6.23 Å². The van der Waals surface area contributed by atoms with Gasteiger partial charge in [0, 0.05) is 44.3 Å². The quantitative estimate of drug-likeness (QED) is 0.209. The summed E-state index contributed by atoms with van der Waals surface area (Å²) in [4.78, 5) is 25.6. The van der Waals surface area contributed by atoms with Gasteiger partial charge in [0.25, 0.3) is 5.91 Å². The van der Waals surface area contributed by atoms with E-state index in [9.17, 15) is 9.90 Å². The number of anilines is 1. The molecule has 0 fully saturated rings. The van der Waals surface area contributed by atoms with Gasteiger partial charge in [0.2, 0.25) is 0 Å². The van der Waals surface area contributed by atoms with Crippen molar-refractivity contribution in [1.82, 2.24) is 15.5 Å². The molecule has 0 aliphatic carbocycles. The van der Waals surface area contributed by atoms with Crippen LogP contribution in [0.5, 0.6) is 0 Å². The van der Waals surface area contributed by atoms with Crippen LogP contribution in [0.3, 0.4) is 0 Å². The van der Waals surface area contributed by atoms with E-state index in [2.05, 4.69) is 47.1 Å². The maximum atomic E-state index is 13.0. The molecule has 1 atom stereocenters. The molecule has 1 aromatic carbocycles. The van der Waals surface area contributed by atoms with Crippen molar-refractivity contribution in [2.45, 2.75) is 40.0 Å². The van der Waals surface area contributed by atoms with Crippen molar-refractivity contribution < 1.29 is 9.90 Å². The minimum atomic E-state index is -0.774. The van der Waals surface area contributed by atoms with Crippen LogP contribution in [-0.2, 0) is 11.3 Å². The summed E-state index contributed by atoms with van der Waals surface area (Å²) in [5, 5.41) is 16.8. The number of carbonyl (C=O) groups excluding carboxylic acids is 1. The number of rotatable bonds is 15. The van der Waals surface area contributed by atoms with Gasteiger partial charge in [0.05, 0.1) is 13.1 Å². The van der Waals surface area contributed by atoms with Crippen LogP contribution in [0.2, 0.25) is 0 Å². The molecule has 2 rings (SSSR count). The lowest BCUT2D eigenvalue weighted by atomic mass is 10.1. The van der Waals surface area contributed by atoms with E-state index in [1.54, 1.807) is 18.5 Å². The monoisotopic (exact) mass is 468 g/mol. The Morgan fingerprint density at radius 3 is 2.91 bits per heavy atom. The lowest BCUT2D eigenvalue weighted by Crippen LogP contribution is -2.50. The summed E-state index contributed by atoms with van der Waals surface area (Å²) in [6.45, 7) is 14.0. The predicted molar refractivity (Wildman–Crippen MR) is 141 cm³/mol. The van der Waals surface area contributed by atoms with Crippen LogP contribution in [0.25, 0.3) is 0 Å². The maximum Gasteiger partial charge on any atom is 0.287 e. The zero-order valence-electron chi connectivity index (χ0n) is 20.8. The molecule has 8 nitrogen and oxygen atoms in total. The van der Waals surface area contributed by atoms with Gasteiger partial charge in [-0.3, -0.25) is 19.7 Å². The molecule has 0 saturated heterocycles. The summed E-state index contributed by atoms with van der Waals surface area (Å²) in [7, 11) is 0. The summed E-state index contributed by atoms with van der Waals surface area (Å²) >= 11 is 0. The number of hydrogen-bond acceptors (Lipinski definition) is 7. The molecule has 1 amide bonds. The highest BCUT2D eigenvalue weighted by Crippen LogP contribution is 2.26. The molecule has 1 aliphatic heterocycles. The number of nitrogens with zero attached hydrogens (tertiary/aromatic N) is 4. The third kappa shape index (κ3) is 8.85. The van der Waals surface area contributed by atoms with E-state index in [0.717, 1.165) is 24.2 Å². The summed E-state index contributed by atoms with van der Waals surface area (Å²) in [5.74, 6) is 0.682. The predicted octanol–water partition coefficient (Wildman–Crippen LogP) is 2.57. The first kappa shape index (κ1) is 27.4. The van der Waals surface area contributed by atoms with E-state index in [1.165, 1.54) is 0 Å². The molecule has 0 spiro atoms. The standard InChI is InChI=1S/C26H40N6O2/c1-5-13-27-14-9-15-28-16-18-31(6-2)24(33)20-30-26(34)25-29-19-22-10-7-8-11-23(22)32(25)17-12-21(3)4/h5,7-11,13-14,21,24,28,33H,1,6,12,15-20H2,2-4H3,(H,30,34)/b14-9-,27-13?. The van der Waals surface area contributed by atoms with Crippen molar-refractivity contribution in [1.29, 1.82) is 0 Å². The minimum Gasteiger partial charge on any atom is -0.377 e. The number of amides is 1. The summed E-state index contributed by atoms with van der Waals surface area (Å²) in [5.41, 5.74) is 2.16. The lowest BCUT2D eigenvalue weighted by molar-refractivity contribution is -0.116. The Morgan fingerprint density at radius 2 is 2.18 bits per heavy atom. The number of para-hydroxylation sites is 1. The molecule has 1 unspecified atom stereocenters. The summed E-state index contributed by atoms with van der Waals surface area (Å²) in [6, 6.07) is 8.08. The average Bonchev–Trinajstić information content (AvgIpc) is 2.84. The first-order chi connectivity index (χ1) is 16.5. The molecule has 1 aromatic rings. The number of hydrogen-bond donors (Lipinski definition) is 3. The van der Waals surface area contributed by atoms with Crippen molar-refractivity contribution >= 4 is 23.6 Å². The van der Waals surface area contributed by atoms with Gasteiger partial charge in [-0.1, -0.05) is 57.7 Å². The molecular weight excluding hydrogens is 428 g/mol. The molecule has 3 N–H and O–H groups in total. The van der Waals surface area contributed by atoms with Crippen molar-refractivity contribution in [3.05, 3.63) is 54.8 Å². The molecular formula is C26H40N6O2. The fourth-order valence-corrected chi connectivity index (χ4v) is 3.62. The number of aliphatic imine (C=N–C) groups is 2. The Kier molecular flexibility index (Phi) is 12.2. The number of fused-ring (bicyclic) bond motifs is 1. The first-order valence-electron chi connectivity index (χ1n) is 12.1. The third-order valence-corrected chi connectivity index (χ3v) is 5.56. The van der Waals surface area contributed by atoms with Gasteiger partial charge in [-0.2, -0.15) is 0 Å². The van der Waals surface area contributed by atoms with Gasteiger partial charge in [-0.05, 0) is 30.5 Å². The zero-order valence-corrected chi connectivity index (χ0v) is 20.8. The van der Waals surface area contributed by atoms with E-state index >= 15 is 0 Å². The second-order valence-electron chi connectivity index (χ2n) is 8.54. The van der Waals surface area contributed by atoms with Crippen LogP contribution in [-0.4, -0.2) is 73.5 Å². The van der Waals surface area contributed by atoms with E-state index in [1.807, 2.05) is 41.0 Å². The van der Waals surface area contributed by atoms with Gasteiger partial charge in [0.1, 0.15) is 6.23 Å². The van der Waals surface area contributed by atoms with Crippen LogP contribution in [0, 0.1) is 5.92 Å². The van der Waals surface area contributed by atoms with E-state index in [4.69, 9.17) is 0 Å². The van der Waals surface area contributed by atoms with Crippen molar-refractivity contribution in [2.75, 3.05) is 44.2 Å². The van der Waals surface area contributed by atoms with Gasteiger partial charge in [0.15, 0.2) is 5.84 Å². The number of likely N-dealkylation sites (N-methyl/N-ethyl adjacent to an activating group) is 1. The average molecular weight is 469 g/mol. The molecule has 186 valence electrons. The number of aliphatic hydroxyl groups is 1. The molecule has 0 radical (unpaired) electrons. The number of amidine groups is 1. The molecule has 1 aliphatic rings. The second kappa shape index (κ2) is 15.2. The summed E-state index contributed by atoms with van der Waals surface area (Å²) in [6.07, 6.45) is 7.06. The Morgan fingerprint density at radius 1 is 1.38 bits per heavy atom. The molecule has 0 aromatic heterocycles. The van der Waals surface area contributed by atoms with Crippen molar-refractivity contribution in [2.24, 2.45) is 15.9 Å². The molecule has 8 heteroatoms. The molecule has 34 heavy (non-hydrogen) atoms. The highest BCUT2D eigenvalue weighted by Gasteiger charge is 2.27. The van der Waals surface area contributed by atoms with Gasteiger partial charge >= 0.3 is 0 Å². The number of carbonyl (C=O) groups is 1. The molecule has 0 bridgehead atoms. The van der Waals surface area contributed by atoms with Crippen LogP contribution in [0.1, 0.15) is 32.8 Å². The van der Waals surface area contributed by atoms with Crippen molar-refractivity contribution in [3.63, 3.8) is 0 Å². The van der Waals surface area contributed by atoms with Crippen LogP contribution >= 0.6 is 0 Å². The first-order valence-corrected chi connectivity index (χ1v) is 12.1. The lowest BCUT2D eigenvalue weighted by Gasteiger charge is -2.32. The van der Waals surface area contributed by atoms with Gasteiger partial charge in [-0.15, -0.1) is 0 Å². The number of nitrogens with one attached hydrogen (secondary N) is 2. The normalized spacial score (nSPS) is 14.6. The van der Waals surface area contributed by atoms with Crippen molar-refractivity contribution in [3.8, 4) is 0 Å². The Bertz CT molecular complexity index is 865. The fourth-order valence-electron chi connectivity index (χ4n) is 3.62. The number of benzene rings is 1. The van der Waals surface area contributed by atoms with Gasteiger partial charge in [-0.25, -0.2) is 0 Å². The van der Waals surface area contributed by atoms with Gasteiger partial charge < -0.3 is 20.6 Å². The third-order valence-electron chi connectivity index (χ3n) is 5.56. The topological polar surface area (TPSA) is 92.6 Å². The Balaban J connectivity index is 1.87. The molecule has 1 heterocycles. The van der Waals surface area contributed by atoms with Crippen LogP contribution < -0.4 is 15.5 Å². The highest BCUT2D eigenvalue weighted by molar-refractivity contribution is 6.43. The zero-order chi connectivity index (χ0) is 24.8. The SMILES string of the molecule is C=CC=N/C=C\CNCCN(CC)C(O)CNC(=O)C1=NCc2ccccc2N1CCC(C)C.